The molecule has 2 N–H and O–H groups in total. The first-order valence-electron chi connectivity index (χ1n) is 5.27. The van der Waals surface area contributed by atoms with Crippen molar-refractivity contribution in [3.8, 4) is 6.07 Å². The molecule has 0 fully saturated rings. The van der Waals surface area contributed by atoms with E-state index >= 15 is 0 Å². The van der Waals surface area contributed by atoms with Crippen molar-refractivity contribution in [2.45, 2.75) is 10.6 Å². The van der Waals surface area contributed by atoms with E-state index < -0.39 is 10.8 Å². The lowest BCUT2D eigenvalue weighted by molar-refractivity contribution is 0.683. The van der Waals surface area contributed by atoms with Gasteiger partial charge in [0.1, 0.15) is 0 Å². The summed E-state index contributed by atoms with van der Waals surface area (Å²) in [4.78, 5) is 4.44. The van der Waals surface area contributed by atoms with Gasteiger partial charge < -0.3 is 5.73 Å². The summed E-state index contributed by atoms with van der Waals surface area (Å²) < 4.78 is 12.2. The molecule has 0 aliphatic heterocycles. The molecule has 1 unspecified atom stereocenters. The summed E-state index contributed by atoms with van der Waals surface area (Å²) in [7, 11) is -1.23. The highest BCUT2D eigenvalue weighted by atomic mass is 32.2. The van der Waals surface area contributed by atoms with Crippen molar-refractivity contribution in [1.82, 2.24) is 4.98 Å². The number of anilines is 1. The van der Waals surface area contributed by atoms with Crippen LogP contribution in [0.4, 0.5) is 5.69 Å². The van der Waals surface area contributed by atoms with Gasteiger partial charge in [0.15, 0.2) is 0 Å². The minimum atomic E-state index is -1.23. The molecule has 4 nitrogen and oxygen atoms in total. The topological polar surface area (TPSA) is 79.8 Å². The number of aromatic nitrogens is 1. The minimum absolute atomic E-state index is 0.337. The highest BCUT2D eigenvalue weighted by molar-refractivity contribution is 7.84. The van der Waals surface area contributed by atoms with E-state index in [1.165, 1.54) is 6.20 Å². The number of benzene rings is 1. The summed E-state index contributed by atoms with van der Waals surface area (Å²) in [5.41, 5.74) is 7.56. The van der Waals surface area contributed by atoms with E-state index in [0.717, 1.165) is 5.56 Å². The van der Waals surface area contributed by atoms with Crippen LogP contribution in [0.5, 0.6) is 0 Å². The van der Waals surface area contributed by atoms with Gasteiger partial charge in [-0.3, -0.25) is 9.19 Å². The molecular formula is C13H11N3OS. The zero-order valence-corrected chi connectivity index (χ0v) is 10.4. The second-order valence-electron chi connectivity index (χ2n) is 3.72. The first kappa shape index (κ1) is 12.3. The van der Waals surface area contributed by atoms with Crippen LogP contribution >= 0.6 is 0 Å². The Bertz CT molecular complexity index is 634. The smallest absolute Gasteiger partial charge is 0.0991 e. The molecular weight excluding hydrogens is 246 g/mol. The summed E-state index contributed by atoms with van der Waals surface area (Å²) in [6.07, 6.45) is 3.05. The van der Waals surface area contributed by atoms with Gasteiger partial charge in [-0.2, -0.15) is 5.26 Å². The van der Waals surface area contributed by atoms with Gasteiger partial charge in [0.2, 0.25) is 0 Å². The molecule has 0 aliphatic rings. The van der Waals surface area contributed by atoms with Crippen molar-refractivity contribution in [1.29, 1.82) is 5.26 Å². The van der Waals surface area contributed by atoms with E-state index in [2.05, 4.69) is 11.1 Å². The lowest BCUT2D eigenvalue weighted by Crippen LogP contribution is -2.01. The van der Waals surface area contributed by atoms with Gasteiger partial charge in [0, 0.05) is 6.20 Å². The van der Waals surface area contributed by atoms with Crippen LogP contribution < -0.4 is 5.73 Å². The highest BCUT2D eigenvalue weighted by Crippen LogP contribution is 2.18. The largest absolute Gasteiger partial charge is 0.396 e. The minimum Gasteiger partial charge on any atom is -0.396 e. The maximum atomic E-state index is 12.2. The van der Waals surface area contributed by atoms with E-state index in [0.29, 0.717) is 21.9 Å². The third-order valence-corrected chi connectivity index (χ3v) is 3.87. The number of nitriles is 1. The van der Waals surface area contributed by atoms with Crippen molar-refractivity contribution in [3.05, 3.63) is 53.9 Å². The van der Waals surface area contributed by atoms with Gasteiger partial charge in [0.05, 0.1) is 45.0 Å². The van der Waals surface area contributed by atoms with Crippen LogP contribution in [0.2, 0.25) is 0 Å². The Labute approximate surface area is 108 Å². The number of hydrogen-bond donors (Lipinski definition) is 1. The molecule has 2 rings (SSSR count). The molecule has 1 atom stereocenters. The lowest BCUT2D eigenvalue weighted by atomic mass is 10.2. The normalized spacial score (nSPS) is 11.7. The van der Waals surface area contributed by atoms with Crippen LogP contribution in [0, 0.1) is 11.3 Å². The molecule has 0 spiro atoms. The molecule has 0 bridgehead atoms. The molecule has 1 aromatic carbocycles. The average molecular weight is 257 g/mol. The van der Waals surface area contributed by atoms with Crippen LogP contribution in [0.1, 0.15) is 11.1 Å². The highest BCUT2D eigenvalue weighted by Gasteiger charge is 2.08. The molecule has 90 valence electrons. The number of rotatable bonds is 3. The molecule has 0 amide bonds. The van der Waals surface area contributed by atoms with Crippen molar-refractivity contribution in [2.24, 2.45) is 0 Å². The lowest BCUT2D eigenvalue weighted by Gasteiger charge is -2.05. The summed E-state index contributed by atoms with van der Waals surface area (Å²) in [5.74, 6) is 0.337. The quantitative estimate of drug-likeness (QED) is 0.909. The Balaban J connectivity index is 2.22. The van der Waals surface area contributed by atoms with E-state index in [4.69, 9.17) is 11.0 Å². The Morgan fingerprint density at radius 3 is 2.94 bits per heavy atom. The molecule has 18 heavy (non-hydrogen) atoms. The zero-order chi connectivity index (χ0) is 13.0. The summed E-state index contributed by atoms with van der Waals surface area (Å²) in [5, 5.41) is 8.80. The molecule has 0 radical (unpaired) electrons. The van der Waals surface area contributed by atoms with Gasteiger partial charge in [-0.05, 0) is 23.8 Å². The van der Waals surface area contributed by atoms with Gasteiger partial charge in [-0.1, -0.05) is 12.1 Å². The van der Waals surface area contributed by atoms with Crippen molar-refractivity contribution in [3.63, 3.8) is 0 Å². The third kappa shape index (κ3) is 2.73. The zero-order valence-electron chi connectivity index (χ0n) is 9.54. The second kappa shape index (κ2) is 5.43. The molecule has 0 saturated carbocycles. The number of nitrogen functional groups attached to an aromatic ring is 1. The number of pyridine rings is 1. The van der Waals surface area contributed by atoms with Crippen molar-refractivity contribution in [2.75, 3.05) is 5.73 Å². The van der Waals surface area contributed by atoms with Gasteiger partial charge in [-0.15, -0.1) is 0 Å². The third-order valence-electron chi connectivity index (χ3n) is 2.41. The first-order chi connectivity index (χ1) is 8.70. The first-order valence-corrected chi connectivity index (χ1v) is 6.59. The molecule has 2 aromatic rings. The van der Waals surface area contributed by atoms with E-state index in [9.17, 15) is 4.21 Å². The average Bonchev–Trinajstić information content (AvgIpc) is 2.39. The molecule has 1 aromatic heterocycles. The van der Waals surface area contributed by atoms with Crippen LogP contribution in [0.25, 0.3) is 0 Å². The molecule has 5 heteroatoms. The fourth-order valence-electron chi connectivity index (χ4n) is 1.56. The van der Waals surface area contributed by atoms with E-state index in [1.54, 1.807) is 30.5 Å². The Morgan fingerprint density at radius 2 is 2.22 bits per heavy atom. The van der Waals surface area contributed by atoms with Crippen LogP contribution in [-0.4, -0.2) is 9.19 Å². The predicted molar refractivity (Wildman–Crippen MR) is 69.9 cm³/mol. The van der Waals surface area contributed by atoms with E-state index in [-0.39, 0.29) is 0 Å². The maximum absolute atomic E-state index is 12.2. The Kier molecular flexibility index (Phi) is 3.70. The van der Waals surface area contributed by atoms with E-state index in [1.807, 2.05) is 6.07 Å². The maximum Gasteiger partial charge on any atom is 0.0991 e. The molecule has 0 aliphatic carbocycles. The van der Waals surface area contributed by atoms with Gasteiger partial charge in [-0.25, -0.2) is 0 Å². The molecule has 0 saturated heterocycles. The van der Waals surface area contributed by atoms with Crippen LogP contribution in [-0.2, 0) is 16.6 Å². The predicted octanol–water partition coefficient (Wildman–Crippen LogP) is 1.84. The summed E-state index contributed by atoms with van der Waals surface area (Å²) >= 11 is 0. The van der Waals surface area contributed by atoms with Crippen LogP contribution in [0.15, 0.2) is 47.6 Å². The number of nitrogens with two attached hydrogens (primary N) is 1. The van der Waals surface area contributed by atoms with Crippen LogP contribution in [0.3, 0.4) is 0 Å². The fraction of sp³-hybridized carbons (Fsp3) is 0.0769. The number of nitrogens with zero attached hydrogens (tertiary/aromatic N) is 2. The second-order valence-corrected chi connectivity index (χ2v) is 5.14. The monoisotopic (exact) mass is 257 g/mol. The molecule has 1 heterocycles. The standard InChI is InChI=1S/C13H11N3OS/c14-7-10-2-1-3-11(6-10)9-18(17)13-4-5-16-8-12(13)15/h1-6,8H,9,15H2. The number of hydrogen-bond acceptors (Lipinski definition) is 4. The Hall–Kier alpha value is -2.19. The summed E-state index contributed by atoms with van der Waals surface area (Å²) in [6.45, 7) is 0. The fourth-order valence-corrected chi connectivity index (χ4v) is 2.73. The van der Waals surface area contributed by atoms with Crippen molar-refractivity contribution < 1.29 is 4.21 Å². The van der Waals surface area contributed by atoms with Crippen molar-refractivity contribution >= 4 is 16.5 Å². The van der Waals surface area contributed by atoms with Gasteiger partial charge in [0.25, 0.3) is 0 Å². The summed E-state index contributed by atoms with van der Waals surface area (Å²) in [6, 6.07) is 10.8. The Morgan fingerprint density at radius 1 is 1.39 bits per heavy atom. The van der Waals surface area contributed by atoms with Gasteiger partial charge >= 0.3 is 0 Å². The SMILES string of the molecule is N#Cc1cccc(CS(=O)c2ccncc2N)c1.